The normalized spacial score (nSPS) is 11.9. The fourth-order valence-electron chi connectivity index (χ4n) is 2.29. The van der Waals surface area contributed by atoms with Crippen molar-refractivity contribution in [3.8, 4) is 0 Å². The van der Waals surface area contributed by atoms with Gasteiger partial charge < -0.3 is 10.1 Å². The molecule has 140 valence electrons. The Morgan fingerprint density at radius 3 is 2.96 bits per heavy atom. The van der Waals surface area contributed by atoms with Crippen molar-refractivity contribution in [1.82, 2.24) is 14.5 Å². The number of carbonyl (C=O) groups is 2. The van der Waals surface area contributed by atoms with E-state index in [0.717, 1.165) is 0 Å². The molecule has 1 N–H and O–H groups in total. The molecule has 0 aliphatic heterocycles. The van der Waals surface area contributed by atoms with E-state index >= 15 is 0 Å². The lowest BCUT2D eigenvalue weighted by atomic mass is 10.3. The number of ether oxygens (including phenoxy) is 1. The zero-order valence-electron chi connectivity index (χ0n) is 14.2. The zero-order chi connectivity index (χ0) is 19.4. The molecule has 1 atom stereocenters. The Morgan fingerprint density at radius 1 is 1.37 bits per heavy atom. The van der Waals surface area contributed by atoms with Gasteiger partial charge in [0.1, 0.15) is 4.83 Å². The van der Waals surface area contributed by atoms with E-state index in [2.05, 4.69) is 15.3 Å². The number of rotatable bonds is 6. The molecule has 3 rings (SSSR count). The Kier molecular flexibility index (Phi) is 5.82. The fraction of sp³-hybridized carbons (Fsp3) is 0.235. The molecule has 8 nitrogen and oxygen atoms in total. The number of nitrogens with one attached hydrogen (secondary N) is 1. The van der Waals surface area contributed by atoms with Crippen LogP contribution in [0.5, 0.6) is 0 Å². The molecule has 0 saturated carbocycles. The summed E-state index contributed by atoms with van der Waals surface area (Å²) < 4.78 is 6.45. The van der Waals surface area contributed by atoms with Crippen molar-refractivity contribution in [2.24, 2.45) is 0 Å². The Hall–Kier alpha value is -2.78. The zero-order valence-corrected chi connectivity index (χ0v) is 15.8. The van der Waals surface area contributed by atoms with E-state index in [1.165, 1.54) is 35.4 Å². The van der Waals surface area contributed by atoms with Gasteiger partial charge in [0, 0.05) is 12.7 Å². The van der Waals surface area contributed by atoms with E-state index in [9.17, 15) is 14.4 Å². The quantitative estimate of drug-likeness (QED) is 0.498. The summed E-state index contributed by atoms with van der Waals surface area (Å²) >= 11 is 7.25. The number of anilines is 1. The highest BCUT2D eigenvalue weighted by Crippen LogP contribution is 2.18. The van der Waals surface area contributed by atoms with Crippen LogP contribution in [-0.2, 0) is 20.9 Å². The van der Waals surface area contributed by atoms with E-state index in [1.54, 1.807) is 23.6 Å². The molecule has 27 heavy (non-hydrogen) atoms. The summed E-state index contributed by atoms with van der Waals surface area (Å²) in [6.45, 7) is 1.56. The number of carbonyl (C=O) groups excluding carboxylic acids is 2. The first-order chi connectivity index (χ1) is 13.0. The molecule has 10 heteroatoms. The minimum Gasteiger partial charge on any atom is -0.452 e. The van der Waals surface area contributed by atoms with Gasteiger partial charge in [0.15, 0.2) is 11.3 Å². The average Bonchev–Trinajstić information content (AvgIpc) is 3.12. The number of hydrogen-bond acceptors (Lipinski definition) is 7. The third-order valence-electron chi connectivity index (χ3n) is 3.70. The summed E-state index contributed by atoms with van der Waals surface area (Å²) in [4.78, 5) is 45.0. The average molecular weight is 407 g/mol. The van der Waals surface area contributed by atoms with Gasteiger partial charge in [0.2, 0.25) is 0 Å². The summed E-state index contributed by atoms with van der Waals surface area (Å²) in [6, 6.07) is 4.90. The van der Waals surface area contributed by atoms with Crippen molar-refractivity contribution in [2.75, 3.05) is 5.32 Å². The first-order valence-electron chi connectivity index (χ1n) is 7.99. The number of fused-ring (bicyclic) bond motifs is 1. The van der Waals surface area contributed by atoms with E-state index in [0.29, 0.717) is 15.9 Å². The van der Waals surface area contributed by atoms with Gasteiger partial charge in [-0.15, -0.1) is 11.3 Å². The standard InChI is InChI=1S/C17H15ClN4O4S/c1-10(15(24)21-12-3-2-6-19-14(12)18)26-13(23)4-7-22-9-20-16-11(17(22)25)5-8-27-16/h2-3,5-6,8-10H,4,7H2,1H3,(H,21,24). The number of nitrogens with zero attached hydrogens (tertiary/aromatic N) is 3. The Bertz CT molecular complexity index is 1050. The van der Waals surface area contributed by atoms with Crippen LogP contribution in [0, 0.1) is 0 Å². The summed E-state index contributed by atoms with van der Waals surface area (Å²) in [7, 11) is 0. The number of hydrogen-bond donors (Lipinski definition) is 1. The number of aromatic nitrogens is 3. The van der Waals surface area contributed by atoms with E-state index < -0.39 is 18.0 Å². The van der Waals surface area contributed by atoms with Crippen LogP contribution >= 0.6 is 22.9 Å². The molecule has 0 bridgehead atoms. The van der Waals surface area contributed by atoms with E-state index in [4.69, 9.17) is 16.3 Å². The smallest absolute Gasteiger partial charge is 0.308 e. The number of esters is 1. The topological polar surface area (TPSA) is 103 Å². The van der Waals surface area contributed by atoms with Gasteiger partial charge >= 0.3 is 5.97 Å². The molecular weight excluding hydrogens is 392 g/mol. The van der Waals surface area contributed by atoms with E-state index in [-0.39, 0.29) is 23.7 Å². The minimum absolute atomic E-state index is 0.0670. The number of pyridine rings is 1. The van der Waals surface area contributed by atoms with Gasteiger partial charge in [-0.3, -0.25) is 19.0 Å². The second kappa shape index (κ2) is 8.28. The number of aryl methyl sites for hydroxylation is 1. The van der Waals surface area contributed by atoms with Gasteiger partial charge in [-0.1, -0.05) is 11.6 Å². The van der Waals surface area contributed by atoms with Crippen LogP contribution < -0.4 is 10.9 Å². The summed E-state index contributed by atoms with van der Waals surface area (Å²) in [6.07, 6.45) is 1.80. The predicted octanol–water partition coefficient (Wildman–Crippen LogP) is 2.47. The third-order valence-corrected chi connectivity index (χ3v) is 4.82. The first-order valence-corrected chi connectivity index (χ1v) is 9.25. The van der Waals surface area contributed by atoms with Crippen LogP contribution in [0.2, 0.25) is 5.15 Å². The van der Waals surface area contributed by atoms with Gasteiger partial charge in [-0.2, -0.15) is 0 Å². The summed E-state index contributed by atoms with van der Waals surface area (Å²) in [5.41, 5.74) is 0.111. The summed E-state index contributed by atoms with van der Waals surface area (Å²) in [5.74, 6) is -1.14. The van der Waals surface area contributed by atoms with Crippen molar-refractivity contribution in [1.29, 1.82) is 0 Å². The fourth-order valence-corrected chi connectivity index (χ4v) is 3.18. The molecule has 0 aliphatic rings. The van der Waals surface area contributed by atoms with Gasteiger partial charge in [-0.05, 0) is 30.5 Å². The van der Waals surface area contributed by atoms with E-state index in [1.807, 2.05) is 0 Å². The highest BCUT2D eigenvalue weighted by Gasteiger charge is 2.19. The lowest BCUT2D eigenvalue weighted by Gasteiger charge is -2.14. The molecule has 0 aliphatic carbocycles. The molecule has 1 amide bonds. The Morgan fingerprint density at radius 2 is 2.19 bits per heavy atom. The van der Waals surface area contributed by atoms with Crippen molar-refractivity contribution in [3.63, 3.8) is 0 Å². The molecular formula is C17H15ClN4O4S. The third kappa shape index (κ3) is 4.50. The highest BCUT2D eigenvalue weighted by molar-refractivity contribution is 7.16. The first kappa shape index (κ1) is 19.0. The van der Waals surface area contributed by atoms with Crippen LogP contribution in [0.25, 0.3) is 10.2 Å². The van der Waals surface area contributed by atoms with Gasteiger partial charge in [0.25, 0.3) is 11.5 Å². The van der Waals surface area contributed by atoms with Crippen LogP contribution in [0.3, 0.4) is 0 Å². The minimum atomic E-state index is -1.03. The SMILES string of the molecule is CC(OC(=O)CCn1cnc2sccc2c1=O)C(=O)Nc1cccnc1Cl. The lowest BCUT2D eigenvalue weighted by molar-refractivity contribution is -0.153. The molecule has 3 aromatic heterocycles. The predicted molar refractivity (Wildman–Crippen MR) is 102 cm³/mol. The van der Waals surface area contributed by atoms with Crippen LogP contribution in [0.1, 0.15) is 13.3 Å². The summed E-state index contributed by atoms with van der Waals surface area (Å²) in [5, 5.41) is 4.97. The molecule has 0 spiro atoms. The Balaban J connectivity index is 1.55. The second-order valence-corrected chi connectivity index (χ2v) is 6.85. The molecule has 3 heterocycles. The van der Waals surface area contributed by atoms with Crippen molar-refractivity contribution < 1.29 is 14.3 Å². The largest absolute Gasteiger partial charge is 0.452 e. The number of thiophene rings is 1. The van der Waals surface area contributed by atoms with Gasteiger partial charge in [0.05, 0.1) is 23.8 Å². The van der Waals surface area contributed by atoms with Crippen molar-refractivity contribution in [2.45, 2.75) is 26.0 Å². The van der Waals surface area contributed by atoms with Gasteiger partial charge in [-0.25, -0.2) is 9.97 Å². The Labute approximate surface area is 162 Å². The van der Waals surface area contributed by atoms with Crippen LogP contribution in [-0.4, -0.2) is 32.5 Å². The molecule has 3 aromatic rings. The number of amides is 1. The lowest BCUT2D eigenvalue weighted by Crippen LogP contribution is -2.31. The molecule has 0 saturated heterocycles. The van der Waals surface area contributed by atoms with Crippen molar-refractivity contribution >= 4 is 50.7 Å². The number of halogens is 1. The monoisotopic (exact) mass is 406 g/mol. The molecule has 0 aromatic carbocycles. The maximum Gasteiger partial charge on any atom is 0.308 e. The van der Waals surface area contributed by atoms with Crippen molar-refractivity contribution in [3.05, 3.63) is 51.6 Å². The molecule has 0 fully saturated rings. The van der Waals surface area contributed by atoms with Crippen LogP contribution in [0.4, 0.5) is 5.69 Å². The maximum absolute atomic E-state index is 12.3. The molecule has 1 unspecified atom stereocenters. The highest BCUT2D eigenvalue weighted by atomic mass is 35.5. The maximum atomic E-state index is 12.3. The van der Waals surface area contributed by atoms with Crippen LogP contribution in [0.15, 0.2) is 40.9 Å². The second-order valence-electron chi connectivity index (χ2n) is 5.60. The molecule has 0 radical (unpaired) electrons.